The highest BCUT2D eigenvalue weighted by molar-refractivity contribution is 5.19. The summed E-state index contributed by atoms with van der Waals surface area (Å²) in [6, 6.07) is 0. The molecule has 0 spiro atoms. The van der Waals surface area contributed by atoms with Crippen LogP contribution in [0.1, 0.15) is 30.4 Å². The summed E-state index contributed by atoms with van der Waals surface area (Å²) in [5, 5.41) is 3.86. The monoisotopic (exact) mass is 139 g/mol. The molecule has 56 valence electrons. The van der Waals surface area contributed by atoms with Crippen molar-refractivity contribution in [3.63, 3.8) is 0 Å². The molecule has 0 unspecified atom stereocenters. The predicted octanol–water partition coefficient (Wildman–Crippen LogP) is 2.24. The van der Waals surface area contributed by atoms with Crippen LogP contribution in [0.4, 0.5) is 0 Å². The lowest BCUT2D eigenvalue weighted by Crippen LogP contribution is -1.82. The van der Waals surface area contributed by atoms with Crippen LogP contribution in [-0.4, -0.2) is 5.16 Å². The molecule has 0 fully saturated rings. The van der Waals surface area contributed by atoms with E-state index in [4.69, 9.17) is 4.52 Å². The van der Waals surface area contributed by atoms with Gasteiger partial charge < -0.3 is 4.52 Å². The van der Waals surface area contributed by atoms with Gasteiger partial charge in [0.15, 0.2) is 0 Å². The third-order valence-electron chi connectivity index (χ3n) is 1.73. The van der Waals surface area contributed by atoms with E-state index in [0.717, 1.165) is 24.3 Å². The minimum absolute atomic E-state index is 1.01. The van der Waals surface area contributed by atoms with Crippen LogP contribution in [0.2, 0.25) is 0 Å². The Morgan fingerprint density at radius 3 is 2.50 bits per heavy atom. The van der Waals surface area contributed by atoms with Crippen molar-refractivity contribution in [1.82, 2.24) is 5.16 Å². The van der Waals surface area contributed by atoms with E-state index in [2.05, 4.69) is 19.0 Å². The fraction of sp³-hybridized carbons (Fsp3) is 0.625. The van der Waals surface area contributed by atoms with Crippen LogP contribution in [-0.2, 0) is 6.42 Å². The molecule has 0 radical (unpaired) electrons. The second-order valence-electron chi connectivity index (χ2n) is 2.57. The molecule has 0 amide bonds. The summed E-state index contributed by atoms with van der Waals surface area (Å²) in [5.74, 6) is 1.04. The van der Waals surface area contributed by atoms with Crippen LogP contribution >= 0.6 is 0 Å². The highest BCUT2D eigenvalue weighted by Gasteiger charge is 2.05. The Balaban J connectivity index is 2.83. The molecular formula is C8H13NO. The second-order valence-corrected chi connectivity index (χ2v) is 2.57. The van der Waals surface area contributed by atoms with E-state index in [1.165, 1.54) is 5.56 Å². The van der Waals surface area contributed by atoms with Gasteiger partial charge in [-0.3, -0.25) is 0 Å². The maximum absolute atomic E-state index is 5.09. The van der Waals surface area contributed by atoms with E-state index in [9.17, 15) is 0 Å². The molecule has 0 aliphatic rings. The van der Waals surface area contributed by atoms with Gasteiger partial charge in [-0.1, -0.05) is 12.1 Å². The van der Waals surface area contributed by atoms with Gasteiger partial charge in [0, 0.05) is 12.0 Å². The molecule has 0 atom stereocenters. The molecular weight excluding hydrogens is 126 g/mol. The van der Waals surface area contributed by atoms with Crippen LogP contribution in [0.25, 0.3) is 0 Å². The van der Waals surface area contributed by atoms with Crippen LogP contribution in [0.15, 0.2) is 4.52 Å². The average Bonchev–Trinajstić information content (AvgIpc) is 2.20. The third-order valence-corrected chi connectivity index (χ3v) is 1.73. The van der Waals surface area contributed by atoms with Gasteiger partial charge in [-0.15, -0.1) is 0 Å². The first-order valence-corrected chi connectivity index (χ1v) is 3.67. The fourth-order valence-corrected chi connectivity index (χ4v) is 0.922. The molecule has 0 N–H and O–H groups in total. The zero-order valence-electron chi connectivity index (χ0n) is 6.77. The van der Waals surface area contributed by atoms with Crippen LogP contribution in [0, 0.1) is 13.8 Å². The lowest BCUT2D eigenvalue weighted by Gasteiger charge is -1.90. The number of nitrogens with zero attached hydrogens (tertiary/aromatic N) is 1. The van der Waals surface area contributed by atoms with Gasteiger partial charge in [-0.2, -0.15) is 0 Å². The van der Waals surface area contributed by atoms with E-state index in [0.29, 0.717) is 0 Å². The molecule has 0 saturated heterocycles. The Hall–Kier alpha value is -0.790. The van der Waals surface area contributed by atoms with E-state index >= 15 is 0 Å². The number of rotatable bonds is 2. The van der Waals surface area contributed by atoms with Gasteiger partial charge in [0.1, 0.15) is 5.76 Å². The molecule has 2 heteroatoms. The fourth-order valence-electron chi connectivity index (χ4n) is 0.922. The van der Waals surface area contributed by atoms with Gasteiger partial charge >= 0.3 is 0 Å². The number of hydrogen-bond acceptors (Lipinski definition) is 2. The van der Waals surface area contributed by atoms with E-state index in [1.54, 1.807) is 0 Å². The Labute approximate surface area is 61.2 Å². The van der Waals surface area contributed by atoms with Crippen molar-refractivity contribution in [2.24, 2.45) is 0 Å². The molecule has 0 aliphatic heterocycles. The molecule has 0 aliphatic carbocycles. The molecule has 1 aromatic heterocycles. The summed E-state index contributed by atoms with van der Waals surface area (Å²) in [7, 11) is 0. The van der Waals surface area contributed by atoms with Crippen molar-refractivity contribution in [2.45, 2.75) is 33.6 Å². The Morgan fingerprint density at radius 1 is 1.40 bits per heavy atom. The molecule has 10 heavy (non-hydrogen) atoms. The lowest BCUT2D eigenvalue weighted by atomic mass is 10.1. The molecule has 1 rings (SSSR count). The quantitative estimate of drug-likeness (QED) is 0.628. The highest BCUT2D eigenvalue weighted by atomic mass is 16.5. The summed E-state index contributed by atoms with van der Waals surface area (Å²) in [4.78, 5) is 0. The summed E-state index contributed by atoms with van der Waals surface area (Å²) >= 11 is 0. The summed E-state index contributed by atoms with van der Waals surface area (Å²) in [5.41, 5.74) is 2.23. The first-order chi connectivity index (χ1) is 4.75. The largest absolute Gasteiger partial charge is 0.361 e. The summed E-state index contributed by atoms with van der Waals surface area (Å²) in [6.07, 6.45) is 2.13. The van der Waals surface area contributed by atoms with E-state index < -0.39 is 0 Å². The number of aromatic nitrogens is 1. The van der Waals surface area contributed by atoms with Crippen molar-refractivity contribution >= 4 is 0 Å². The van der Waals surface area contributed by atoms with Crippen molar-refractivity contribution in [1.29, 1.82) is 0 Å². The molecule has 0 bridgehead atoms. The van der Waals surface area contributed by atoms with Crippen molar-refractivity contribution in [2.75, 3.05) is 0 Å². The van der Waals surface area contributed by atoms with Crippen molar-refractivity contribution in [3.8, 4) is 0 Å². The first kappa shape index (κ1) is 7.32. The summed E-state index contributed by atoms with van der Waals surface area (Å²) < 4.78 is 5.09. The van der Waals surface area contributed by atoms with Gasteiger partial charge in [0.2, 0.25) is 0 Å². The Morgan fingerprint density at radius 2 is 2.10 bits per heavy atom. The molecule has 1 aromatic rings. The lowest BCUT2D eigenvalue weighted by molar-refractivity contribution is 0.378. The normalized spacial score (nSPS) is 10.3. The maximum atomic E-state index is 5.09. The molecule has 0 saturated carbocycles. The molecule has 0 aromatic carbocycles. The van der Waals surface area contributed by atoms with Gasteiger partial charge in [0.25, 0.3) is 0 Å². The SMILES string of the molecule is CCCc1onc(C)c1C. The van der Waals surface area contributed by atoms with E-state index in [1.807, 2.05) is 6.92 Å². The van der Waals surface area contributed by atoms with Gasteiger partial charge in [-0.05, 0) is 20.3 Å². The predicted molar refractivity (Wildman–Crippen MR) is 40.0 cm³/mol. The summed E-state index contributed by atoms with van der Waals surface area (Å²) in [6.45, 7) is 6.16. The standard InChI is InChI=1S/C8H13NO/c1-4-5-8-6(2)7(3)9-10-8/h4-5H2,1-3H3. The zero-order valence-corrected chi connectivity index (χ0v) is 6.77. The van der Waals surface area contributed by atoms with Crippen LogP contribution in [0.5, 0.6) is 0 Å². The highest BCUT2D eigenvalue weighted by Crippen LogP contribution is 2.12. The van der Waals surface area contributed by atoms with Gasteiger partial charge in [-0.25, -0.2) is 0 Å². The van der Waals surface area contributed by atoms with Gasteiger partial charge in [0.05, 0.1) is 5.69 Å². The van der Waals surface area contributed by atoms with Crippen LogP contribution in [0.3, 0.4) is 0 Å². The smallest absolute Gasteiger partial charge is 0.139 e. The minimum Gasteiger partial charge on any atom is -0.361 e. The topological polar surface area (TPSA) is 26.0 Å². The Kier molecular flexibility index (Phi) is 2.10. The number of aryl methyl sites for hydroxylation is 2. The zero-order chi connectivity index (χ0) is 7.56. The van der Waals surface area contributed by atoms with Crippen molar-refractivity contribution in [3.05, 3.63) is 17.0 Å². The minimum atomic E-state index is 1.01. The third kappa shape index (κ3) is 1.20. The number of hydrogen-bond donors (Lipinski definition) is 0. The second kappa shape index (κ2) is 2.86. The van der Waals surface area contributed by atoms with E-state index in [-0.39, 0.29) is 0 Å². The molecule has 2 nitrogen and oxygen atoms in total. The van der Waals surface area contributed by atoms with Crippen molar-refractivity contribution < 1.29 is 4.52 Å². The van der Waals surface area contributed by atoms with Crippen LogP contribution < -0.4 is 0 Å². The average molecular weight is 139 g/mol. The first-order valence-electron chi connectivity index (χ1n) is 3.67. The maximum Gasteiger partial charge on any atom is 0.139 e. The Bertz CT molecular complexity index is 215. The molecule has 1 heterocycles.